The van der Waals surface area contributed by atoms with Crippen molar-refractivity contribution < 1.29 is 9.53 Å². The molecule has 2 rings (SSSR count). The van der Waals surface area contributed by atoms with E-state index in [0.717, 1.165) is 0 Å². The highest BCUT2D eigenvalue weighted by Crippen LogP contribution is 2.18. The van der Waals surface area contributed by atoms with Crippen molar-refractivity contribution in [2.24, 2.45) is 0 Å². The highest BCUT2D eigenvalue weighted by molar-refractivity contribution is 6.34. The molecule has 2 heterocycles. The molecule has 0 aromatic carbocycles. The van der Waals surface area contributed by atoms with Gasteiger partial charge in [0.25, 0.3) is 0 Å². The van der Waals surface area contributed by atoms with Gasteiger partial charge in [-0.05, 0) is 6.07 Å². The summed E-state index contributed by atoms with van der Waals surface area (Å²) in [5.41, 5.74) is 0.596. The summed E-state index contributed by atoms with van der Waals surface area (Å²) in [6.45, 7) is 0.900. The monoisotopic (exact) mass is 266 g/mol. The summed E-state index contributed by atoms with van der Waals surface area (Å²) in [5.74, 6) is -0.281. The lowest BCUT2D eigenvalue weighted by Crippen LogP contribution is -2.15. The third kappa shape index (κ3) is 2.55. The Morgan fingerprint density at radius 3 is 3.06 bits per heavy atom. The number of ether oxygens (including phenoxy) is 1. The number of carbonyl (C=O) groups excluding carboxylic acids is 1. The molecule has 0 atom stereocenters. The largest absolute Gasteiger partial charge is 0.383 e. The zero-order valence-electron chi connectivity index (χ0n) is 9.71. The van der Waals surface area contributed by atoms with E-state index in [1.165, 1.54) is 29.5 Å². The predicted molar refractivity (Wildman–Crippen MR) is 64.6 cm³/mol. The highest BCUT2D eigenvalue weighted by Gasteiger charge is 2.19. The van der Waals surface area contributed by atoms with E-state index in [1.54, 1.807) is 7.11 Å². The van der Waals surface area contributed by atoms with Crippen LogP contribution in [0.5, 0.6) is 0 Å². The van der Waals surface area contributed by atoms with E-state index in [1.807, 2.05) is 0 Å². The van der Waals surface area contributed by atoms with E-state index in [2.05, 4.69) is 15.1 Å². The second kappa shape index (κ2) is 5.70. The van der Waals surface area contributed by atoms with Crippen molar-refractivity contribution in [3.8, 4) is 0 Å². The molecule has 0 aliphatic carbocycles. The lowest BCUT2D eigenvalue weighted by molar-refractivity contribution is 0.102. The van der Waals surface area contributed by atoms with Gasteiger partial charge in [0, 0.05) is 13.3 Å². The summed E-state index contributed by atoms with van der Waals surface area (Å²) in [6, 6.07) is 1.53. The molecule has 0 spiro atoms. The van der Waals surface area contributed by atoms with Crippen LogP contribution >= 0.6 is 11.6 Å². The van der Waals surface area contributed by atoms with E-state index < -0.39 is 0 Å². The molecular formula is C11H11ClN4O2. The van der Waals surface area contributed by atoms with Crippen LogP contribution in [-0.4, -0.2) is 39.2 Å². The molecule has 2 aromatic heterocycles. The summed E-state index contributed by atoms with van der Waals surface area (Å²) >= 11 is 5.98. The summed E-state index contributed by atoms with van der Waals surface area (Å²) < 4.78 is 6.46. The maximum atomic E-state index is 12.2. The molecule has 0 aliphatic rings. The number of halogens is 1. The Morgan fingerprint density at radius 1 is 1.56 bits per heavy atom. The fourth-order valence-corrected chi connectivity index (χ4v) is 1.71. The first-order valence-corrected chi connectivity index (χ1v) is 5.62. The van der Waals surface area contributed by atoms with Gasteiger partial charge in [-0.3, -0.25) is 9.48 Å². The van der Waals surface area contributed by atoms with Crippen molar-refractivity contribution in [3.05, 3.63) is 41.2 Å². The highest BCUT2D eigenvalue weighted by atomic mass is 35.5. The molecule has 6 nitrogen and oxygen atoms in total. The Hall–Kier alpha value is -1.79. The standard InChI is InChI=1S/C11H11ClN4O2/c1-18-5-4-16-10(8(12)6-15-16)11(17)9-2-3-13-7-14-9/h2-3,6-7H,4-5H2,1H3. The molecule has 0 amide bonds. The molecular weight excluding hydrogens is 256 g/mol. The molecule has 0 N–H and O–H groups in total. The Kier molecular flexibility index (Phi) is 4.01. The van der Waals surface area contributed by atoms with Crippen molar-refractivity contribution in [3.63, 3.8) is 0 Å². The van der Waals surface area contributed by atoms with E-state index in [4.69, 9.17) is 16.3 Å². The van der Waals surface area contributed by atoms with Gasteiger partial charge >= 0.3 is 0 Å². The summed E-state index contributed by atoms with van der Waals surface area (Å²) in [6.07, 6.45) is 4.26. The Morgan fingerprint density at radius 2 is 2.39 bits per heavy atom. The zero-order valence-corrected chi connectivity index (χ0v) is 10.5. The molecule has 94 valence electrons. The fourth-order valence-electron chi connectivity index (χ4n) is 1.48. The van der Waals surface area contributed by atoms with Gasteiger partial charge < -0.3 is 4.74 Å². The van der Waals surface area contributed by atoms with Crippen molar-refractivity contribution in [1.82, 2.24) is 19.7 Å². The first-order chi connectivity index (χ1) is 8.74. The number of aromatic nitrogens is 4. The minimum atomic E-state index is -0.281. The quantitative estimate of drug-likeness (QED) is 0.761. The maximum Gasteiger partial charge on any atom is 0.230 e. The molecule has 2 aromatic rings. The second-order valence-corrected chi connectivity index (χ2v) is 3.89. The molecule has 0 aliphatic heterocycles. The average Bonchev–Trinajstić information content (AvgIpc) is 2.77. The molecule has 0 unspecified atom stereocenters. The Balaban J connectivity index is 2.32. The molecule has 0 radical (unpaired) electrons. The van der Waals surface area contributed by atoms with Gasteiger partial charge in [-0.15, -0.1) is 0 Å². The SMILES string of the molecule is COCCn1ncc(Cl)c1C(=O)c1ccncn1. The first-order valence-electron chi connectivity index (χ1n) is 5.25. The topological polar surface area (TPSA) is 69.9 Å². The van der Waals surface area contributed by atoms with Crippen LogP contribution in [0.3, 0.4) is 0 Å². The lowest BCUT2D eigenvalue weighted by Gasteiger charge is -2.06. The Labute approximate surface area is 109 Å². The van der Waals surface area contributed by atoms with Gasteiger partial charge in [-0.2, -0.15) is 5.10 Å². The van der Waals surface area contributed by atoms with Gasteiger partial charge in [0.1, 0.15) is 17.7 Å². The van der Waals surface area contributed by atoms with E-state index in [-0.39, 0.29) is 11.5 Å². The number of hydrogen-bond donors (Lipinski definition) is 0. The number of nitrogens with zero attached hydrogens (tertiary/aromatic N) is 4. The number of carbonyl (C=O) groups is 1. The van der Waals surface area contributed by atoms with Crippen LogP contribution in [0.15, 0.2) is 24.8 Å². The van der Waals surface area contributed by atoms with Crippen molar-refractivity contribution in [2.75, 3.05) is 13.7 Å². The number of ketones is 1. The maximum absolute atomic E-state index is 12.2. The smallest absolute Gasteiger partial charge is 0.230 e. The van der Waals surface area contributed by atoms with Crippen LogP contribution in [-0.2, 0) is 11.3 Å². The van der Waals surface area contributed by atoms with E-state index >= 15 is 0 Å². The van der Waals surface area contributed by atoms with E-state index in [0.29, 0.717) is 23.9 Å². The molecule has 7 heteroatoms. The second-order valence-electron chi connectivity index (χ2n) is 3.48. The molecule has 0 bridgehead atoms. The minimum absolute atomic E-state index is 0.281. The fraction of sp³-hybridized carbons (Fsp3) is 0.273. The van der Waals surface area contributed by atoms with Gasteiger partial charge in [-0.25, -0.2) is 9.97 Å². The van der Waals surface area contributed by atoms with Crippen LogP contribution in [0.1, 0.15) is 16.2 Å². The van der Waals surface area contributed by atoms with Gasteiger partial charge in [0.15, 0.2) is 0 Å². The van der Waals surface area contributed by atoms with Crippen LogP contribution in [0.25, 0.3) is 0 Å². The number of rotatable bonds is 5. The van der Waals surface area contributed by atoms with Crippen LogP contribution in [0.2, 0.25) is 5.02 Å². The first kappa shape index (κ1) is 12.7. The normalized spacial score (nSPS) is 10.6. The van der Waals surface area contributed by atoms with Crippen molar-refractivity contribution in [1.29, 1.82) is 0 Å². The van der Waals surface area contributed by atoms with Crippen molar-refractivity contribution in [2.45, 2.75) is 6.54 Å². The minimum Gasteiger partial charge on any atom is -0.383 e. The number of methoxy groups -OCH3 is 1. The van der Waals surface area contributed by atoms with Crippen LogP contribution in [0, 0.1) is 0 Å². The lowest BCUT2D eigenvalue weighted by atomic mass is 10.2. The van der Waals surface area contributed by atoms with E-state index in [9.17, 15) is 4.79 Å². The predicted octanol–water partition coefficient (Wildman–Crippen LogP) is 1.20. The van der Waals surface area contributed by atoms with Gasteiger partial charge in [0.2, 0.25) is 5.78 Å². The molecule has 0 saturated heterocycles. The van der Waals surface area contributed by atoms with Gasteiger partial charge in [-0.1, -0.05) is 11.6 Å². The van der Waals surface area contributed by atoms with Crippen molar-refractivity contribution >= 4 is 17.4 Å². The molecule has 0 saturated carbocycles. The van der Waals surface area contributed by atoms with Gasteiger partial charge in [0.05, 0.1) is 24.4 Å². The van der Waals surface area contributed by atoms with Crippen LogP contribution in [0.4, 0.5) is 0 Å². The Bertz CT molecular complexity index is 541. The zero-order chi connectivity index (χ0) is 13.0. The third-order valence-electron chi connectivity index (χ3n) is 2.33. The molecule has 0 fully saturated rings. The summed E-state index contributed by atoms with van der Waals surface area (Å²) in [4.78, 5) is 19.9. The third-order valence-corrected chi connectivity index (χ3v) is 2.61. The molecule has 18 heavy (non-hydrogen) atoms. The number of hydrogen-bond acceptors (Lipinski definition) is 5. The summed E-state index contributed by atoms with van der Waals surface area (Å²) in [5, 5.41) is 4.34. The average molecular weight is 267 g/mol. The summed E-state index contributed by atoms with van der Waals surface area (Å²) in [7, 11) is 1.58. The van der Waals surface area contributed by atoms with Crippen LogP contribution < -0.4 is 0 Å².